The molecular formula is C7H7N5O. The number of aromatic nitrogens is 5. The maximum Gasteiger partial charge on any atom is 0.179 e. The van der Waals surface area contributed by atoms with Crippen LogP contribution < -0.4 is 4.84 Å². The second-order valence-corrected chi connectivity index (χ2v) is 2.31. The van der Waals surface area contributed by atoms with E-state index in [2.05, 4.69) is 20.5 Å². The van der Waals surface area contributed by atoms with Gasteiger partial charge in [0.25, 0.3) is 0 Å². The van der Waals surface area contributed by atoms with Crippen molar-refractivity contribution in [2.45, 2.75) is 6.61 Å². The van der Waals surface area contributed by atoms with Crippen LogP contribution in [0, 0.1) is 0 Å². The molecule has 0 spiro atoms. The molecule has 0 aromatic carbocycles. The Morgan fingerprint density at radius 1 is 1.38 bits per heavy atom. The fourth-order valence-corrected chi connectivity index (χ4v) is 0.828. The Morgan fingerprint density at radius 2 is 2.38 bits per heavy atom. The average molecular weight is 177 g/mol. The molecule has 0 N–H and O–H groups in total. The van der Waals surface area contributed by atoms with Gasteiger partial charge in [-0.15, -0.1) is 5.10 Å². The number of hydrogen-bond acceptors (Lipinski definition) is 5. The molecule has 0 unspecified atom stereocenters. The van der Waals surface area contributed by atoms with Crippen LogP contribution in [0.25, 0.3) is 0 Å². The molecule has 0 aliphatic rings. The van der Waals surface area contributed by atoms with Gasteiger partial charge in [0.05, 0.1) is 5.69 Å². The van der Waals surface area contributed by atoms with Gasteiger partial charge in [-0.05, 0) is 22.6 Å². The van der Waals surface area contributed by atoms with Gasteiger partial charge in [-0.2, -0.15) is 0 Å². The molecule has 66 valence electrons. The Morgan fingerprint density at radius 3 is 3.08 bits per heavy atom. The second kappa shape index (κ2) is 3.61. The maximum absolute atomic E-state index is 5.15. The Hall–Kier alpha value is -1.98. The SMILES string of the molecule is c1ccc(COn2cnnn2)nc1. The summed E-state index contributed by atoms with van der Waals surface area (Å²) < 4.78 is 0. The Labute approximate surface area is 74.1 Å². The molecule has 0 atom stereocenters. The number of tetrazole rings is 1. The fraction of sp³-hybridized carbons (Fsp3) is 0.143. The van der Waals surface area contributed by atoms with Crippen molar-refractivity contribution in [3.05, 3.63) is 36.4 Å². The van der Waals surface area contributed by atoms with E-state index in [4.69, 9.17) is 4.84 Å². The third-order valence-corrected chi connectivity index (χ3v) is 1.40. The number of nitrogens with zero attached hydrogens (tertiary/aromatic N) is 5. The molecular weight excluding hydrogens is 170 g/mol. The normalized spacial score (nSPS) is 9.85. The van der Waals surface area contributed by atoms with Crippen LogP contribution in [0.1, 0.15) is 5.69 Å². The van der Waals surface area contributed by atoms with Gasteiger partial charge < -0.3 is 4.84 Å². The first-order valence-electron chi connectivity index (χ1n) is 3.71. The fourth-order valence-electron chi connectivity index (χ4n) is 0.828. The third kappa shape index (κ3) is 1.98. The quantitative estimate of drug-likeness (QED) is 0.643. The highest BCUT2D eigenvalue weighted by Crippen LogP contribution is 1.92. The van der Waals surface area contributed by atoms with Crippen molar-refractivity contribution in [1.82, 2.24) is 25.4 Å². The van der Waals surface area contributed by atoms with Crippen molar-refractivity contribution in [2.75, 3.05) is 0 Å². The molecule has 13 heavy (non-hydrogen) atoms. The molecule has 0 fully saturated rings. The molecule has 2 aromatic rings. The first-order chi connectivity index (χ1) is 6.45. The lowest BCUT2D eigenvalue weighted by atomic mass is 10.4. The monoisotopic (exact) mass is 177 g/mol. The van der Waals surface area contributed by atoms with E-state index in [1.807, 2.05) is 18.2 Å². The van der Waals surface area contributed by atoms with Crippen LogP contribution in [-0.2, 0) is 6.61 Å². The van der Waals surface area contributed by atoms with Crippen LogP contribution in [0.5, 0.6) is 0 Å². The summed E-state index contributed by atoms with van der Waals surface area (Å²) in [5, 5.41) is 10.4. The van der Waals surface area contributed by atoms with Crippen LogP contribution in [-0.4, -0.2) is 25.4 Å². The minimum Gasteiger partial charge on any atom is -0.388 e. The molecule has 2 heterocycles. The smallest absolute Gasteiger partial charge is 0.179 e. The van der Waals surface area contributed by atoms with Crippen LogP contribution >= 0.6 is 0 Å². The van der Waals surface area contributed by atoms with Crippen LogP contribution in [0.2, 0.25) is 0 Å². The summed E-state index contributed by atoms with van der Waals surface area (Å²) in [6, 6.07) is 5.61. The number of hydrogen-bond donors (Lipinski definition) is 0. The molecule has 0 aliphatic carbocycles. The predicted molar refractivity (Wildman–Crippen MR) is 42.3 cm³/mol. The molecule has 0 aliphatic heterocycles. The highest BCUT2D eigenvalue weighted by molar-refractivity contribution is 5.01. The Bertz CT molecular complexity index is 346. The van der Waals surface area contributed by atoms with Crippen molar-refractivity contribution >= 4 is 0 Å². The van der Waals surface area contributed by atoms with Gasteiger partial charge in [0.1, 0.15) is 0 Å². The van der Waals surface area contributed by atoms with Crippen molar-refractivity contribution in [3.8, 4) is 0 Å². The molecule has 6 nitrogen and oxygen atoms in total. The topological polar surface area (TPSA) is 65.7 Å². The first kappa shape index (κ1) is 7.66. The van der Waals surface area contributed by atoms with E-state index in [1.165, 1.54) is 11.2 Å². The van der Waals surface area contributed by atoms with Crippen LogP contribution in [0.4, 0.5) is 0 Å². The zero-order chi connectivity index (χ0) is 8.93. The molecule has 0 saturated carbocycles. The van der Waals surface area contributed by atoms with Gasteiger partial charge >= 0.3 is 0 Å². The molecule has 0 amide bonds. The van der Waals surface area contributed by atoms with Gasteiger partial charge in [0.2, 0.25) is 0 Å². The number of pyridine rings is 1. The summed E-state index contributed by atoms with van der Waals surface area (Å²) in [7, 11) is 0. The Balaban J connectivity index is 1.94. The van der Waals surface area contributed by atoms with Gasteiger partial charge in [0, 0.05) is 6.20 Å². The zero-order valence-corrected chi connectivity index (χ0v) is 6.74. The molecule has 6 heteroatoms. The second-order valence-electron chi connectivity index (χ2n) is 2.31. The van der Waals surface area contributed by atoms with E-state index in [9.17, 15) is 0 Å². The molecule has 0 bridgehead atoms. The van der Waals surface area contributed by atoms with Gasteiger partial charge in [-0.1, -0.05) is 10.9 Å². The van der Waals surface area contributed by atoms with E-state index in [1.54, 1.807) is 6.20 Å². The summed E-state index contributed by atoms with van der Waals surface area (Å²) in [5.41, 5.74) is 0.831. The standard InChI is InChI=1S/C7H7N5O/c1-2-4-8-7(3-1)5-13-12-6-9-10-11-12/h1-4,6H,5H2. The van der Waals surface area contributed by atoms with E-state index in [0.717, 1.165) is 5.69 Å². The van der Waals surface area contributed by atoms with E-state index < -0.39 is 0 Å². The third-order valence-electron chi connectivity index (χ3n) is 1.40. The minimum atomic E-state index is 0.353. The van der Waals surface area contributed by atoms with E-state index in [0.29, 0.717) is 6.61 Å². The largest absolute Gasteiger partial charge is 0.388 e. The molecule has 2 rings (SSSR count). The van der Waals surface area contributed by atoms with Crippen LogP contribution in [0.3, 0.4) is 0 Å². The van der Waals surface area contributed by atoms with Crippen molar-refractivity contribution < 1.29 is 4.84 Å². The highest BCUT2D eigenvalue weighted by Gasteiger charge is 1.94. The Kier molecular flexibility index (Phi) is 2.13. The number of rotatable bonds is 3. The van der Waals surface area contributed by atoms with Gasteiger partial charge in [-0.25, -0.2) is 0 Å². The van der Waals surface area contributed by atoms with Crippen molar-refractivity contribution in [3.63, 3.8) is 0 Å². The summed E-state index contributed by atoms with van der Waals surface area (Å²) in [6.07, 6.45) is 3.08. The van der Waals surface area contributed by atoms with Gasteiger partial charge in [0.15, 0.2) is 12.9 Å². The summed E-state index contributed by atoms with van der Waals surface area (Å²) in [5.74, 6) is 0. The average Bonchev–Trinajstić information content (AvgIpc) is 2.69. The first-order valence-corrected chi connectivity index (χ1v) is 3.71. The summed E-state index contributed by atoms with van der Waals surface area (Å²) in [4.78, 5) is 10.4. The van der Waals surface area contributed by atoms with Crippen molar-refractivity contribution in [1.29, 1.82) is 0 Å². The van der Waals surface area contributed by atoms with Crippen molar-refractivity contribution in [2.24, 2.45) is 0 Å². The maximum atomic E-state index is 5.15. The molecule has 0 radical (unpaired) electrons. The summed E-state index contributed by atoms with van der Waals surface area (Å²) in [6.45, 7) is 0.353. The van der Waals surface area contributed by atoms with E-state index >= 15 is 0 Å². The van der Waals surface area contributed by atoms with Crippen LogP contribution in [0.15, 0.2) is 30.7 Å². The lowest BCUT2D eigenvalue weighted by Gasteiger charge is -2.01. The summed E-state index contributed by atoms with van der Waals surface area (Å²) >= 11 is 0. The lowest BCUT2D eigenvalue weighted by Crippen LogP contribution is -2.12. The molecule has 2 aromatic heterocycles. The lowest BCUT2D eigenvalue weighted by molar-refractivity contribution is 0.0639. The van der Waals surface area contributed by atoms with Gasteiger partial charge in [-0.3, -0.25) is 4.98 Å². The predicted octanol–water partition coefficient (Wildman–Crippen LogP) is -0.303. The zero-order valence-electron chi connectivity index (χ0n) is 6.74. The highest BCUT2D eigenvalue weighted by atomic mass is 16.7. The minimum absolute atomic E-state index is 0.353. The molecule has 0 saturated heterocycles. The van der Waals surface area contributed by atoms with E-state index in [-0.39, 0.29) is 0 Å².